The van der Waals surface area contributed by atoms with E-state index in [0.29, 0.717) is 6.42 Å². The van der Waals surface area contributed by atoms with Gasteiger partial charge in [-0.2, -0.15) is 0 Å². The first-order valence-corrected chi connectivity index (χ1v) is 4.81. The highest BCUT2D eigenvalue weighted by atomic mass is 32.1. The summed E-state index contributed by atoms with van der Waals surface area (Å²) < 4.78 is 0. The van der Waals surface area contributed by atoms with Crippen molar-refractivity contribution in [2.75, 3.05) is 0 Å². The molecule has 1 rings (SSSR count). The number of aryl methyl sites for hydroxylation is 1. The van der Waals surface area contributed by atoms with Crippen molar-refractivity contribution in [3.05, 3.63) is 34.5 Å². The second kappa shape index (κ2) is 4.21. The molecule has 0 radical (unpaired) electrons. The maximum absolute atomic E-state index is 11.4. The minimum atomic E-state index is 0.222. The van der Waals surface area contributed by atoms with Crippen LogP contribution in [0.2, 0.25) is 0 Å². The molecule has 0 saturated carbocycles. The fourth-order valence-corrected chi connectivity index (χ4v) is 1.67. The van der Waals surface area contributed by atoms with Gasteiger partial charge in [0, 0.05) is 22.2 Å². The Morgan fingerprint density at radius 2 is 2.50 bits per heavy atom. The van der Waals surface area contributed by atoms with Crippen LogP contribution in [0.15, 0.2) is 24.1 Å². The van der Waals surface area contributed by atoms with Crippen molar-refractivity contribution >= 4 is 17.1 Å². The average Bonchev–Trinajstić information content (AvgIpc) is 2.47. The van der Waals surface area contributed by atoms with E-state index < -0.39 is 0 Å². The summed E-state index contributed by atoms with van der Waals surface area (Å²) in [6, 6.07) is 1.94. The molecule has 0 aliphatic rings. The van der Waals surface area contributed by atoms with Crippen LogP contribution in [-0.2, 0) is 0 Å². The van der Waals surface area contributed by atoms with Gasteiger partial charge in [-0.1, -0.05) is 6.08 Å². The maximum Gasteiger partial charge on any atom is 0.164 e. The summed E-state index contributed by atoms with van der Waals surface area (Å²) in [5, 5.41) is 1.92. The monoisotopic (exact) mass is 180 g/mol. The maximum atomic E-state index is 11.4. The van der Waals surface area contributed by atoms with Crippen LogP contribution in [-0.4, -0.2) is 5.78 Å². The molecule has 0 fully saturated rings. The lowest BCUT2D eigenvalue weighted by Crippen LogP contribution is -1.95. The zero-order chi connectivity index (χ0) is 8.97. The van der Waals surface area contributed by atoms with Gasteiger partial charge < -0.3 is 0 Å². The van der Waals surface area contributed by atoms with E-state index in [9.17, 15) is 4.79 Å². The summed E-state index contributed by atoms with van der Waals surface area (Å²) in [6.07, 6.45) is 3.13. The van der Waals surface area contributed by atoms with Crippen LogP contribution in [0.3, 0.4) is 0 Å². The van der Waals surface area contributed by atoms with Gasteiger partial charge in [0.1, 0.15) is 0 Å². The zero-order valence-electron chi connectivity index (χ0n) is 7.17. The number of Topliss-reactive ketones (excluding diaryl/α,β-unsaturated/α-hetero) is 1. The predicted molar refractivity (Wildman–Crippen MR) is 52.8 cm³/mol. The Labute approximate surface area is 76.7 Å². The van der Waals surface area contributed by atoms with Gasteiger partial charge in [0.25, 0.3) is 0 Å². The largest absolute Gasteiger partial charge is 0.294 e. The van der Waals surface area contributed by atoms with E-state index in [0.717, 1.165) is 12.0 Å². The van der Waals surface area contributed by atoms with E-state index in [-0.39, 0.29) is 5.78 Å². The molecular weight excluding hydrogens is 168 g/mol. The topological polar surface area (TPSA) is 17.1 Å². The Kier molecular flexibility index (Phi) is 3.23. The minimum absolute atomic E-state index is 0.222. The number of ketones is 1. The van der Waals surface area contributed by atoms with Crippen molar-refractivity contribution in [2.24, 2.45) is 0 Å². The van der Waals surface area contributed by atoms with Crippen LogP contribution < -0.4 is 0 Å². The van der Waals surface area contributed by atoms with Gasteiger partial charge in [-0.3, -0.25) is 4.79 Å². The van der Waals surface area contributed by atoms with E-state index >= 15 is 0 Å². The first-order chi connectivity index (χ1) is 5.74. The third-order valence-electron chi connectivity index (χ3n) is 1.63. The summed E-state index contributed by atoms with van der Waals surface area (Å²) in [4.78, 5) is 12.6. The number of hydrogen-bond acceptors (Lipinski definition) is 2. The Balaban J connectivity index is 2.59. The first kappa shape index (κ1) is 9.20. The number of hydrogen-bond donors (Lipinski definition) is 0. The van der Waals surface area contributed by atoms with Crippen LogP contribution in [0.5, 0.6) is 0 Å². The van der Waals surface area contributed by atoms with Crippen molar-refractivity contribution in [1.29, 1.82) is 0 Å². The first-order valence-electron chi connectivity index (χ1n) is 3.93. The van der Waals surface area contributed by atoms with Gasteiger partial charge in [0.05, 0.1) is 0 Å². The second-order valence-corrected chi connectivity index (χ2v) is 3.81. The summed E-state index contributed by atoms with van der Waals surface area (Å²) in [6.45, 7) is 5.59. The third kappa shape index (κ3) is 2.31. The predicted octanol–water partition coefficient (Wildman–Crippen LogP) is 3.21. The molecule has 0 saturated heterocycles. The van der Waals surface area contributed by atoms with E-state index in [4.69, 9.17) is 0 Å². The van der Waals surface area contributed by atoms with Crippen LogP contribution in [0.1, 0.15) is 28.1 Å². The standard InChI is InChI=1S/C10H12OS/c1-3-4-5-10(11)9-6-8(2)12-7-9/h3,6-7H,1,4-5H2,2H3. The number of thiophene rings is 1. The average molecular weight is 180 g/mol. The summed E-state index contributed by atoms with van der Waals surface area (Å²) >= 11 is 1.62. The summed E-state index contributed by atoms with van der Waals surface area (Å²) in [5.74, 6) is 0.222. The van der Waals surface area contributed by atoms with Crippen molar-refractivity contribution in [2.45, 2.75) is 19.8 Å². The quantitative estimate of drug-likeness (QED) is 0.513. The molecule has 0 aliphatic heterocycles. The smallest absolute Gasteiger partial charge is 0.164 e. The number of carbonyl (C=O) groups is 1. The number of rotatable bonds is 4. The minimum Gasteiger partial charge on any atom is -0.294 e. The van der Waals surface area contributed by atoms with Gasteiger partial charge >= 0.3 is 0 Å². The van der Waals surface area contributed by atoms with E-state index in [1.54, 1.807) is 17.4 Å². The molecule has 0 aliphatic carbocycles. The van der Waals surface area contributed by atoms with Gasteiger partial charge in [0.15, 0.2) is 5.78 Å². The summed E-state index contributed by atoms with van der Waals surface area (Å²) in [5.41, 5.74) is 0.847. The molecule has 1 heterocycles. The summed E-state index contributed by atoms with van der Waals surface area (Å²) in [7, 11) is 0. The fourth-order valence-electron chi connectivity index (χ4n) is 0.967. The Morgan fingerprint density at radius 3 is 3.00 bits per heavy atom. The molecule has 12 heavy (non-hydrogen) atoms. The molecular formula is C10H12OS. The van der Waals surface area contributed by atoms with Gasteiger partial charge in [-0.25, -0.2) is 0 Å². The SMILES string of the molecule is C=CCCC(=O)c1csc(C)c1. The second-order valence-electron chi connectivity index (χ2n) is 2.70. The van der Waals surface area contributed by atoms with Crippen molar-refractivity contribution < 1.29 is 4.79 Å². The third-order valence-corrected chi connectivity index (χ3v) is 2.49. The molecule has 0 amide bonds. The molecule has 0 spiro atoms. The molecule has 0 unspecified atom stereocenters. The normalized spacial score (nSPS) is 9.75. The van der Waals surface area contributed by atoms with Crippen molar-refractivity contribution in [3.8, 4) is 0 Å². The molecule has 0 bridgehead atoms. The zero-order valence-corrected chi connectivity index (χ0v) is 7.99. The number of allylic oxidation sites excluding steroid dienone is 1. The molecule has 1 nitrogen and oxygen atoms in total. The van der Waals surface area contributed by atoms with Crippen LogP contribution in [0.25, 0.3) is 0 Å². The lowest BCUT2D eigenvalue weighted by molar-refractivity contribution is 0.0984. The van der Waals surface area contributed by atoms with Crippen LogP contribution >= 0.6 is 11.3 Å². The lowest BCUT2D eigenvalue weighted by atomic mass is 10.1. The van der Waals surface area contributed by atoms with Gasteiger partial charge in [-0.05, 0) is 19.4 Å². The molecule has 0 atom stereocenters. The van der Waals surface area contributed by atoms with Crippen molar-refractivity contribution in [3.63, 3.8) is 0 Å². The van der Waals surface area contributed by atoms with E-state index in [1.807, 2.05) is 18.4 Å². The van der Waals surface area contributed by atoms with Gasteiger partial charge in [-0.15, -0.1) is 17.9 Å². The fraction of sp³-hybridized carbons (Fsp3) is 0.300. The van der Waals surface area contributed by atoms with Gasteiger partial charge in [0.2, 0.25) is 0 Å². The molecule has 0 N–H and O–H groups in total. The molecule has 1 aromatic heterocycles. The van der Waals surface area contributed by atoms with E-state index in [2.05, 4.69) is 6.58 Å². The van der Waals surface area contributed by atoms with Crippen molar-refractivity contribution in [1.82, 2.24) is 0 Å². The highest BCUT2D eigenvalue weighted by Gasteiger charge is 2.05. The van der Waals surface area contributed by atoms with Crippen LogP contribution in [0, 0.1) is 6.92 Å². The molecule has 64 valence electrons. The molecule has 2 heteroatoms. The Hall–Kier alpha value is -0.890. The lowest BCUT2D eigenvalue weighted by Gasteiger charge is -1.92. The number of carbonyl (C=O) groups excluding carboxylic acids is 1. The van der Waals surface area contributed by atoms with Crippen LogP contribution in [0.4, 0.5) is 0 Å². The molecule has 1 aromatic rings. The highest BCUT2D eigenvalue weighted by molar-refractivity contribution is 7.10. The Morgan fingerprint density at radius 1 is 1.75 bits per heavy atom. The van der Waals surface area contributed by atoms with E-state index in [1.165, 1.54) is 4.88 Å². The Bertz CT molecular complexity index is 286. The molecule has 0 aromatic carbocycles. The highest BCUT2D eigenvalue weighted by Crippen LogP contribution is 2.15.